The van der Waals surface area contributed by atoms with Crippen LogP contribution in [0.1, 0.15) is 30.4 Å². The predicted molar refractivity (Wildman–Crippen MR) is 86.5 cm³/mol. The molecule has 1 amide bonds. The van der Waals surface area contributed by atoms with Gasteiger partial charge in [-0.1, -0.05) is 12.1 Å². The molecular weight excluding hydrogens is 264 g/mol. The lowest BCUT2D eigenvalue weighted by atomic mass is 9.90. The van der Waals surface area contributed by atoms with E-state index >= 15 is 0 Å². The molecule has 21 heavy (non-hydrogen) atoms. The molecule has 5 nitrogen and oxygen atoms in total. The molecule has 0 radical (unpaired) electrons. The lowest BCUT2D eigenvalue weighted by Crippen LogP contribution is -2.26. The Labute approximate surface area is 126 Å². The molecule has 1 aliphatic carbocycles. The van der Waals surface area contributed by atoms with Crippen LogP contribution in [0.15, 0.2) is 23.2 Å². The first kappa shape index (κ1) is 15.4. The molecule has 0 aliphatic heterocycles. The number of benzene rings is 1. The van der Waals surface area contributed by atoms with Crippen molar-refractivity contribution in [2.45, 2.75) is 32.1 Å². The molecule has 3 N–H and O–H groups in total. The summed E-state index contributed by atoms with van der Waals surface area (Å²) >= 11 is 0. The summed E-state index contributed by atoms with van der Waals surface area (Å²) in [6.07, 6.45) is 5.08. The van der Waals surface area contributed by atoms with Crippen LogP contribution in [0, 0.1) is 0 Å². The normalized spacial score (nSPS) is 14.5. The number of guanidine groups is 1. The molecule has 0 saturated heterocycles. The average molecular weight is 288 g/mol. The van der Waals surface area contributed by atoms with Crippen molar-refractivity contribution in [2.24, 2.45) is 10.7 Å². The highest BCUT2D eigenvalue weighted by Gasteiger charge is 2.13. The Morgan fingerprint density at radius 3 is 2.86 bits per heavy atom. The number of hydrogen-bond acceptors (Lipinski definition) is 2. The summed E-state index contributed by atoms with van der Waals surface area (Å²) < 4.78 is 0. The number of nitrogens with one attached hydrogen (secondary N) is 1. The number of nitrogens with zero attached hydrogens (tertiary/aromatic N) is 2. The Hall–Kier alpha value is -2.04. The first-order valence-corrected chi connectivity index (χ1v) is 7.46. The van der Waals surface area contributed by atoms with E-state index in [4.69, 9.17) is 5.73 Å². The molecule has 0 saturated carbocycles. The van der Waals surface area contributed by atoms with Crippen LogP contribution in [0.4, 0.5) is 5.69 Å². The number of hydrogen-bond donors (Lipinski definition) is 2. The third-order valence-corrected chi connectivity index (χ3v) is 3.77. The Kier molecular flexibility index (Phi) is 5.20. The van der Waals surface area contributed by atoms with Crippen LogP contribution in [0.5, 0.6) is 0 Å². The average Bonchev–Trinajstić information content (AvgIpc) is 2.47. The van der Waals surface area contributed by atoms with Gasteiger partial charge in [0.05, 0.1) is 6.54 Å². The van der Waals surface area contributed by atoms with Crippen molar-refractivity contribution in [2.75, 3.05) is 26.0 Å². The summed E-state index contributed by atoms with van der Waals surface area (Å²) in [5.41, 5.74) is 9.72. The van der Waals surface area contributed by atoms with Gasteiger partial charge in [0.15, 0.2) is 5.96 Å². The molecular formula is C16H24N4O. The minimum absolute atomic E-state index is 0.0589. The molecule has 0 unspecified atom stereocenters. The van der Waals surface area contributed by atoms with Crippen molar-refractivity contribution in [3.63, 3.8) is 0 Å². The van der Waals surface area contributed by atoms with Crippen molar-refractivity contribution in [3.8, 4) is 0 Å². The van der Waals surface area contributed by atoms with Gasteiger partial charge in [0.2, 0.25) is 5.91 Å². The van der Waals surface area contributed by atoms with E-state index in [0.29, 0.717) is 18.9 Å². The zero-order chi connectivity index (χ0) is 15.2. The first-order valence-electron chi connectivity index (χ1n) is 7.46. The molecule has 0 heterocycles. The second kappa shape index (κ2) is 7.11. The number of anilines is 1. The standard InChI is InChI=1S/C16H24N4O/c1-20(2)15(21)10-11-18-16(17)19-14-9-5-7-12-6-3-4-8-13(12)14/h5,7,9H,3-4,6,8,10-11H2,1-2H3,(H3,17,18,19). The zero-order valence-electron chi connectivity index (χ0n) is 12.9. The number of aliphatic imine (C=N–C) groups is 1. The van der Waals surface area contributed by atoms with Crippen LogP contribution in [0.2, 0.25) is 0 Å². The van der Waals surface area contributed by atoms with Crippen LogP contribution >= 0.6 is 0 Å². The van der Waals surface area contributed by atoms with E-state index in [1.807, 2.05) is 6.07 Å². The van der Waals surface area contributed by atoms with Crippen molar-refractivity contribution in [3.05, 3.63) is 29.3 Å². The van der Waals surface area contributed by atoms with Crippen LogP contribution in [-0.2, 0) is 17.6 Å². The molecule has 0 atom stereocenters. The first-order chi connectivity index (χ1) is 10.1. The molecule has 1 aromatic carbocycles. The maximum atomic E-state index is 11.5. The minimum Gasteiger partial charge on any atom is -0.370 e. The Morgan fingerprint density at radius 1 is 1.33 bits per heavy atom. The highest BCUT2D eigenvalue weighted by Crippen LogP contribution is 2.27. The summed E-state index contributed by atoms with van der Waals surface area (Å²) in [6, 6.07) is 6.27. The van der Waals surface area contributed by atoms with Crippen LogP contribution in [0.25, 0.3) is 0 Å². The van der Waals surface area contributed by atoms with Gasteiger partial charge < -0.3 is 16.0 Å². The number of rotatable bonds is 4. The topological polar surface area (TPSA) is 70.7 Å². The van der Waals surface area contributed by atoms with E-state index in [0.717, 1.165) is 18.5 Å². The van der Waals surface area contributed by atoms with Gasteiger partial charge >= 0.3 is 0 Å². The van der Waals surface area contributed by atoms with E-state index in [2.05, 4.69) is 22.4 Å². The lowest BCUT2D eigenvalue weighted by Gasteiger charge is -2.19. The third kappa shape index (κ3) is 4.21. The second-order valence-electron chi connectivity index (χ2n) is 5.58. The number of amides is 1. The van der Waals surface area contributed by atoms with Crippen molar-refractivity contribution < 1.29 is 4.79 Å². The van der Waals surface area contributed by atoms with Gasteiger partial charge in [0.1, 0.15) is 0 Å². The van der Waals surface area contributed by atoms with Crippen molar-refractivity contribution in [1.29, 1.82) is 0 Å². The van der Waals surface area contributed by atoms with Crippen LogP contribution in [-0.4, -0.2) is 37.4 Å². The largest absolute Gasteiger partial charge is 0.370 e. The van der Waals surface area contributed by atoms with Crippen molar-refractivity contribution in [1.82, 2.24) is 4.90 Å². The van der Waals surface area contributed by atoms with Crippen LogP contribution < -0.4 is 11.1 Å². The monoisotopic (exact) mass is 288 g/mol. The zero-order valence-corrected chi connectivity index (χ0v) is 12.9. The molecule has 1 aromatic rings. The number of carbonyl (C=O) groups excluding carboxylic acids is 1. The fraction of sp³-hybridized carbons (Fsp3) is 0.500. The molecule has 114 valence electrons. The molecule has 2 rings (SSSR count). The molecule has 0 bridgehead atoms. The Bertz CT molecular complexity index is 537. The maximum absolute atomic E-state index is 11.5. The third-order valence-electron chi connectivity index (χ3n) is 3.77. The van der Waals surface area contributed by atoms with E-state index in [-0.39, 0.29) is 5.91 Å². The van der Waals surface area contributed by atoms with Gasteiger partial charge in [0.25, 0.3) is 0 Å². The maximum Gasteiger partial charge on any atom is 0.223 e. The summed E-state index contributed by atoms with van der Waals surface area (Å²) in [6.45, 7) is 0.408. The van der Waals surface area contributed by atoms with Gasteiger partial charge in [-0.25, -0.2) is 0 Å². The summed E-state index contributed by atoms with van der Waals surface area (Å²) in [4.78, 5) is 17.3. The lowest BCUT2D eigenvalue weighted by molar-refractivity contribution is -0.128. The van der Waals surface area contributed by atoms with Gasteiger partial charge in [-0.3, -0.25) is 9.79 Å². The molecule has 0 spiro atoms. The predicted octanol–water partition coefficient (Wildman–Crippen LogP) is 1.77. The van der Waals surface area contributed by atoms with Gasteiger partial charge in [0, 0.05) is 26.2 Å². The molecule has 0 aromatic heterocycles. The van der Waals surface area contributed by atoms with Crippen molar-refractivity contribution >= 4 is 17.6 Å². The summed E-state index contributed by atoms with van der Waals surface area (Å²) in [7, 11) is 3.48. The summed E-state index contributed by atoms with van der Waals surface area (Å²) in [5.74, 6) is 0.434. The summed E-state index contributed by atoms with van der Waals surface area (Å²) in [5, 5.41) is 3.18. The van der Waals surface area contributed by atoms with Gasteiger partial charge in [-0.2, -0.15) is 0 Å². The number of nitrogens with two attached hydrogens (primary N) is 1. The SMILES string of the molecule is CN(C)C(=O)CCN=C(N)Nc1cccc2c1CCCC2. The smallest absolute Gasteiger partial charge is 0.223 e. The molecule has 5 heteroatoms. The molecule has 1 aliphatic rings. The highest BCUT2D eigenvalue weighted by molar-refractivity contribution is 5.93. The Morgan fingerprint density at radius 2 is 2.10 bits per heavy atom. The van der Waals surface area contributed by atoms with Gasteiger partial charge in [-0.15, -0.1) is 0 Å². The highest BCUT2D eigenvalue weighted by atomic mass is 16.2. The number of carbonyl (C=O) groups is 1. The second-order valence-corrected chi connectivity index (χ2v) is 5.58. The van der Waals surface area contributed by atoms with E-state index in [1.165, 1.54) is 24.0 Å². The minimum atomic E-state index is 0.0589. The molecule has 0 fully saturated rings. The van der Waals surface area contributed by atoms with E-state index < -0.39 is 0 Å². The van der Waals surface area contributed by atoms with Crippen LogP contribution in [0.3, 0.4) is 0 Å². The fourth-order valence-corrected chi connectivity index (χ4v) is 2.57. The quantitative estimate of drug-likeness (QED) is 0.655. The Balaban J connectivity index is 1.96. The fourth-order valence-electron chi connectivity index (χ4n) is 2.57. The van der Waals surface area contributed by atoms with E-state index in [9.17, 15) is 4.79 Å². The number of aryl methyl sites for hydroxylation is 1. The van der Waals surface area contributed by atoms with E-state index in [1.54, 1.807) is 19.0 Å². The van der Waals surface area contributed by atoms with Gasteiger partial charge in [-0.05, 0) is 42.9 Å². The number of fused-ring (bicyclic) bond motifs is 1.